The highest BCUT2D eigenvalue weighted by Crippen LogP contribution is 2.22. The van der Waals surface area contributed by atoms with Crippen molar-refractivity contribution in [1.29, 1.82) is 0 Å². The lowest BCUT2D eigenvalue weighted by molar-refractivity contribution is -0.385. The average Bonchev–Trinajstić information content (AvgIpc) is 3.32. The number of nitrogens with one attached hydrogen (secondary N) is 3. The first-order valence-corrected chi connectivity index (χ1v) is 9.20. The van der Waals surface area contributed by atoms with Crippen LogP contribution in [-0.2, 0) is 0 Å². The van der Waals surface area contributed by atoms with Gasteiger partial charge < -0.3 is 15.6 Å². The summed E-state index contributed by atoms with van der Waals surface area (Å²) in [6.07, 6.45) is 6.44. The number of benzene rings is 1. The molecule has 3 N–H and O–H groups in total. The van der Waals surface area contributed by atoms with Crippen LogP contribution in [0.5, 0.6) is 0 Å². The van der Waals surface area contributed by atoms with Crippen molar-refractivity contribution in [2.45, 2.75) is 0 Å². The Hall–Kier alpha value is -4.34. The summed E-state index contributed by atoms with van der Waals surface area (Å²) in [5.74, 6) is 1.90. The molecule has 0 fully saturated rings. The zero-order valence-electron chi connectivity index (χ0n) is 15.8. The number of hydrogen-bond donors (Lipinski definition) is 3. The van der Waals surface area contributed by atoms with Gasteiger partial charge in [0.15, 0.2) is 0 Å². The van der Waals surface area contributed by atoms with Gasteiger partial charge in [-0.1, -0.05) is 24.3 Å². The average molecular weight is 402 g/mol. The molecule has 0 aliphatic rings. The SMILES string of the molecule is O=[N+]([O-])c1ccc(NCCNc2nccc(-c3ccc(-c4ncc[nH]4)cc3)n2)nc1. The van der Waals surface area contributed by atoms with Gasteiger partial charge in [0.2, 0.25) is 5.95 Å². The summed E-state index contributed by atoms with van der Waals surface area (Å²) >= 11 is 0. The van der Waals surface area contributed by atoms with E-state index in [1.54, 1.807) is 24.7 Å². The van der Waals surface area contributed by atoms with Crippen molar-refractivity contribution in [3.8, 4) is 22.6 Å². The first-order chi connectivity index (χ1) is 14.7. The Morgan fingerprint density at radius 1 is 0.900 bits per heavy atom. The van der Waals surface area contributed by atoms with Gasteiger partial charge in [0.05, 0.1) is 10.6 Å². The van der Waals surface area contributed by atoms with E-state index in [0.29, 0.717) is 24.9 Å². The largest absolute Gasteiger partial charge is 0.368 e. The van der Waals surface area contributed by atoms with Crippen LogP contribution in [0.3, 0.4) is 0 Å². The topological polar surface area (TPSA) is 135 Å². The standard InChI is InChI=1S/C20H18N8O2/c29-28(30)16-5-6-18(26-13-16)21-9-12-25-20-24-8-7-17(27-20)14-1-3-15(4-2-14)19-22-10-11-23-19/h1-8,10-11,13H,9,12H2,(H,21,26)(H,22,23)(H,24,25,27). The Kier molecular flexibility index (Phi) is 5.56. The van der Waals surface area contributed by atoms with Gasteiger partial charge in [0, 0.05) is 48.9 Å². The lowest BCUT2D eigenvalue weighted by Gasteiger charge is -2.08. The maximum absolute atomic E-state index is 10.6. The second-order valence-electron chi connectivity index (χ2n) is 6.29. The third-order valence-electron chi connectivity index (χ3n) is 4.28. The van der Waals surface area contributed by atoms with Crippen molar-refractivity contribution in [3.05, 3.63) is 77.4 Å². The van der Waals surface area contributed by atoms with E-state index in [1.807, 2.05) is 30.3 Å². The summed E-state index contributed by atoms with van der Waals surface area (Å²) < 4.78 is 0. The van der Waals surface area contributed by atoms with E-state index in [9.17, 15) is 10.1 Å². The summed E-state index contributed by atoms with van der Waals surface area (Å²) in [5.41, 5.74) is 2.75. The number of imidazole rings is 1. The van der Waals surface area contributed by atoms with Gasteiger partial charge in [0.1, 0.15) is 17.8 Å². The number of hydrogen-bond acceptors (Lipinski definition) is 8. The molecule has 150 valence electrons. The van der Waals surface area contributed by atoms with Gasteiger partial charge >= 0.3 is 0 Å². The van der Waals surface area contributed by atoms with Crippen LogP contribution in [0.2, 0.25) is 0 Å². The second kappa shape index (κ2) is 8.78. The number of nitro groups is 1. The first kappa shape index (κ1) is 19.0. The van der Waals surface area contributed by atoms with Crippen molar-refractivity contribution < 1.29 is 4.92 Å². The fraction of sp³-hybridized carbons (Fsp3) is 0.100. The summed E-state index contributed by atoms with van der Waals surface area (Å²) in [6.45, 7) is 1.11. The van der Waals surface area contributed by atoms with Gasteiger partial charge in [-0.15, -0.1) is 0 Å². The normalized spacial score (nSPS) is 10.5. The molecule has 0 spiro atoms. The molecule has 0 amide bonds. The van der Waals surface area contributed by atoms with Crippen LogP contribution in [0.4, 0.5) is 17.5 Å². The second-order valence-corrected chi connectivity index (χ2v) is 6.29. The number of pyridine rings is 1. The Bertz CT molecular complexity index is 1110. The van der Waals surface area contributed by atoms with E-state index in [1.165, 1.54) is 12.3 Å². The fourth-order valence-corrected chi connectivity index (χ4v) is 2.79. The monoisotopic (exact) mass is 402 g/mol. The highest BCUT2D eigenvalue weighted by molar-refractivity contribution is 5.65. The first-order valence-electron chi connectivity index (χ1n) is 9.20. The zero-order chi connectivity index (χ0) is 20.8. The molecular formula is C20H18N8O2. The Labute approximate surface area is 171 Å². The quantitative estimate of drug-likeness (QED) is 0.232. The zero-order valence-corrected chi connectivity index (χ0v) is 15.8. The molecule has 0 aliphatic carbocycles. The smallest absolute Gasteiger partial charge is 0.287 e. The summed E-state index contributed by atoms with van der Waals surface area (Å²) in [5, 5.41) is 16.9. The molecule has 4 aromatic rings. The highest BCUT2D eigenvalue weighted by Gasteiger charge is 2.06. The number of aromatic nitrogens is 5. The van der Waals surface area contributed by atoms with Gasteiger partial charge in [-0.2, -0.15) is 0 Å². The van der Waals surface area contributed by atoms with Crippen molar-refractivity contribution in [2.24, 2.45) is 0 Å². The van der Waals surface area contributed by atoms with Crippen molar-refractivity contribution in [2.75, 3.05) is 23.7 Å². The minimum absolute atomic E-state index is 0.0407. The van der Waals surface area contributed by atoms with E-state index in [4.69, 9.17) is 0 Å². The van der Waals surface area contributed by atoms with Crippen LogP contribution in [0, 0.1) is 10.1 Å². The lowest BCUT2D eigenvalue weighted by Crippen LogP contribution is -2.15. The molecule has 3 heterocycles. The predicted octanol–water partition coefficient (Wildman–Crippen LogP) is 3.36. The third-order valence-corrected chi connectivity index (χ3v) is 4.28. The van der Waals surface area contributed by atoms with Crippen molar-refractivity contribution >= 4 is 17.5 Å². The Balaban J connectivity index is 1.32. The van der Waals surface area contributed by atoms with E-state index in [0.717, 1.165) is 22.6 Å². The van der Waals surface area contributed by atoms with Crippen LogP contribution in [0.25, 0.3) is 22.6 Å². The predicted molar refractivity (Wildman–Crippen MR) is 113 cm³/mol. The van der Waals surface area contributed by atoms with Crippen LogP contribution < -0.4 is 10.6 Å². The van der Waals surface area contributed by atoms with E-state index < -0.39 is 4.92 Å². The number of aromatic amines is 1. The molecule has 4 rings (SSSR count). The van der Waals surface area contributed by atoms with Gasteiger partial charge in [-0.25, -0.2) is 19.9 Å². The molecule has 0 atom stereocenters. The summed E-state index contributed by atoms with van der Waals surface area (Å²) in [6, 6.07) is 12.8. The summed E-state index contributed by atoms with van der Waals surface area (Å²) in [7, 11) is 0. The Morgan fingerprint density at radius 3 is 2.40 bits per heavy atom. The van der Waals surface area contributed by atoms with Crippen LogP contribution >= 0.6 is 0 Å². The van der Waals surface area contributed by atoms with Gasteiger partial charge in [0.25, 0.3) is 5.69 Å². The maximum Gasteiger partial charge on any atom is 0.287 e. The van der Waals surface area contributed by atoms with Crippen molar-refractivity contribution in [1.82, 2.24) is 24.9 Å². The number of anilines is 2. The molecule has 3 aromatic heterocycles. The van der Waals surface area contributed by atoms with Crippen LogP contribution in [-0.4, -0.2) is 42.9 Å². The number of H-pyrrole nitrogens is 1. The van der Waals surface area contributed by atoms with Gasteiger partial charge in [-0.3, -0.25) is 10.1 Å². The molecule has 0 radical (unpaired) electrons. The van der Waals surface area contributed by atoms with E-state index >= 15 is 0 Å². The molecule has 0 saturated heterocycles. The molecule has 10 nitrogen and oxygen atoms in total. The molecule has 0 bridgehead atoms. The molecule has 0 unspecified atom stereocenters. The van der Waals surface area contributed by atoms with E-state index in [-0.39, 0.29) is 5.69 Å². The maximum atomic E-state index is 10.6. The number of nitrogens with zero attached hydrogens (tertiary/aromatic N) is 5. The molecule has 0 aliphatic heterocycles. The molecule has 10 heteroatoms. The van der Waals surface area contributed by atoms with Crippen molar-refractivity contribution in [3.63, 3.8) is 0 Å². The Morgan fingerprint density at radius 2 is 1.70 bits per heavy atom. The third kappa shape index (κ3) is 4.55. The molecule has 1 aromatic carbocycles. The van der Waals surface area contributed by atoms with Crippen LogP contribution in [0.15, 0.2) is 67.3 Å². The lowest BCUT2D eigenvalue weighted by atomic mass is 10.1. The number of rotatable bonds is 8. The molecular weight excluding hydrogens is 384 g/mol. The van der Waals surface area contributed by atoms with E-state index in [2.05, 4.69) is 35.6 Å². The minimum Gasteiger partial charge on any atom is -0.368 e. The summed E-state index contributed by atoms with van der Waals surface area (Å²) in [4.78, 5) is 30.3. The fourth-order valence-electron chi connectivity index (χ4n) is 2.79. The molecule has 0 saturated carbocycles. The highest BCUT2D eigenvalue weighted by atomic mass is 16.6. The van der Waals surface area contributed by atoms with Gasteiger partial charge in [-0.05, 0) is 12.1 Å². The molecule has 30 heavy (non-hydrogen) atoms. The minimum atomic E-state index is -0.479. The van der Waals surface area contributed by atoms with Crippen LogP contribution in [0.1, 0.15) is 0 Å².